The number of nitrogens with zero attached hydrogens (tertiary/aromatic N) is 1. The molecule has 0 atom stereocenters. The summed E-state index contributed by atoms with van der Waals surface area (Å²) in [4.78, 5) is 0. The SMILES string of the molecule is C[N+](C)(C)NC=Cc1ccccc1.Cl. The maximum Gasteiger partial charge on any atom is 0.0901 e. The zero-order chi connectivity index (χ0) is 9.73. The molecule has 78 valence electrons. The molecule has 0 aromatic heterocycles. The minimum Gasteiger partial charge on any atom is -0.245 e. The molecule has 1 aromatic rings. The zero-order valence-corrected chi connectivity index (χ0v) is 9.71. The number of rotatable bonds is 3. The van der Waals surface area contributed by atoms with Crippen LogP contribution in [-0.4, -0.2) is 25.7 Å². The van der Waals surface area contributed by atoms with Crippen LogP contribution in [0, 0.1) is 0 Å². The normalized spacial score (nSPS) is 11.1. The van der Waals surface area contributed by atoms with Crippen LogP contribution < -0.4 is 5.43 Å². The van der Waals surface area contributed by atoms with Crippen LogP contribution in [0.4, 0.5) is 0 Å². The van der Waals surface area contributed by atoms with Gasteiger partial charge < -0.3 is 0 Å². The standard InChI is InChI=1S/C11H17N2.ClH/c1-13(2,3)12-10-9-11-7-5-4-6-8-11;/h4-10,12H,1-3H3;1H/q+1;. The monoisotopic (exact) mass is 213 g/mol. The highest BCUT2D eigenvalue weighted by Crippen LogP contribution is 1.99. The lowest BCUT2D eigenvalue weighted by Crippen LogP contribution is -2.44. The molecule has 14 heavy (non-hydrogen) atoms. The second-order valence-electron chi connectivity index (χ2n) is 3.89. The van der Waals surface area contributed by atoms with E-state index < -0.39 is 0 Å². The van der Waals surface area contributed by atoms with Gasteiger partial charge in [-0.1, -0.05) is 30.3 Å². The molecule has 0 radical (unpaired) electrons. The lowest BCUT2D eigenvalue weighted by molar-refractivity contribution is -0.909. The summed E-state index contributed by atoms with van der Waals surface area (Å²) >= 11 is 0. The number of nitrogens with one attached hydrogen (secondary N) is 1. The van der Waals surface area contributed by atoms with Gasteiger partial charge in [-0.25, -0.2) is 10.0 Å². The van der Waals surface area contributed by atoms with E-state index >= 15 is 0 Å². The Morgan fingerprint density at radius 2 is 1.64 bits per heavy atom. The van der Waals surface area contributed by atoms with Crippen LogP contribution >= 0.6 is 12.4 Å². The molecule has 0 aliphatic carbocycles. The summed E-state index contributed by atoms with van der Waals surface area (Å²) in [6.45, 7) is 0. The van der Waals surface area contributed by atoms with Crippen LogP contribution in [0.2, 0.25) is 0 Å². The third kappa shape index (κ3) is 5.62. The molecular weight excluding hydrogens is 196 g/mol. The van der Waals surface area contributed by atoms with Crippen molar-refractivity contribution in [3.8, 4) is 0 Å². The van der Waals surface area contributed by atoms with Crippen molar-refractivity contribution in [2.45, 2.75) is 0 Å². The van der Waals surface area contributed by atoms with Crippen molar-refractivity contribution in [1.82, 2.24) is 5.43 Å². The van der Waals surface area contributed by atoms with Gasteiger partial charge in [-0.3, -0.25) is 0 Å². The Morgan fingerprint density at radius 3 is 2.14 bits per heavy atom. The maximum absolute atomic E-state index is 3.23. The van der Waals surface area contributed by atoms with Crippen molar-refractivity contribution < 1.29 is 4.59 Å². The third-order valence-corrected chi connectivity index (χ3v) is 1.54. The van der Waals surface area contributed by atoms with Crippen molar-refractivity contribution >= 4 is 18.5 Å². The molecule has 0 heterocycles. The van der Waals surface area contributed by atoms with Gasteiger partial charge in [-0.15, -0.1) is 12.4 Å². The van der Waals surface area contributed by atoms with Crippen LogP contribution in [0.15, 0.2) is 36.5 Å². The van der Waals surface area contributed by atoms with Crippen molar-refractivity contribution in [2.24, 2.45) is 0 Å². The summed E-state index contributed by atoms with van der Waals surface area (Å²) in [6.07, 6.45) is 4.03. The van der Waals surface area contributed by atoms with Crippen molar-refractivity contribution in [3.63, 3.8) is 0 Å². The van der Waals surface area contributed by atoms with Gasteiger partial charge in [-0.2, -0.15) is 0 Å². The average Bonchev–Trinajstić information content (AvgIpc) is 2.04. The lowest BCUT2D eigenvalue weighted by Gasteiger charge is -2.22. The van der Waals surface area contributed by atoms with Crippen LogP contribution in [-0.2, 0) is 0 Å². The van der Waals surface area contributed by atoms with Crippen molar-refractivity contribution in [3.05, 3.63) is 42.1 Å². The molecule has 0 saturated carbocycles. The molecular formula is C11H18ClN2+. The largest absolute Gasteiger partial charge is 0.245 e. The topological polar surface area (TPSA) is 12.0 Å². The number of halogens is 1. The summed E-state index contributed by atoms with van der Waals surface area (Å²) < 4.78 is 0.726. The quantitative estimate of drug-likeness (QED) is 0.600. The summed E-state index contributed by atoms with van der Waals surface area (Å²) in [7, 11) is 6.24. The van der Waals surface area contributed by atoms with Crippen molar-refractivity contribution in [2.75, 3.05) is 21.1 Å². The minimum atomic E-state index is 0. The predicted molar refractivity (Wildman–Crippen MR) is 63.9 cm³/mol. The van der Waals surface area contributed by atoms with Crippen LogP contribution in [0.25, 0.3) is 6.08 Å². The Morgan fingerprint density at radius 1 is 1.07 bits per heavy atom. The third-order valence-electron chi connectivity index (χ3n) is 1.54. The predicted octanol–water partition coefficient (Wildman–Crippen LogP) is 2.29. The smallest absolute Gasteiger partial charge is 0.0901 e. The van der Waals surface area contributed by atoms with Gasteiger partial charge in [0.1, 0.15) is 0 Å². The number of hydrogen-bond donors (Lipinski definition) is 1. The molecule has 1 rings (SSSR count). The van der Waals surface area contributed by atoms with E-state index in [-0.39, 0.29) is 12.4 Å². The molecule has 0 amide bonds. The van der Waals surface area contributed by atoms with E-state index in [1.54, 1.807) is 0 Å². The fraction of sp³-hybridized carbons (Fsp3) is 0.273. The molecule has 0 bridgehead atoms. The lowest BCUT2D eigenvalue weighted by atomic mass is 10.2. The van der Waals surface area contributed by atoms with Gasteiger partial charge in [0.05, 0.1) is 21.1 Å². The van der Waals surface area contributed by atoms with Gasteiger partial charge >= 0.3 is 0 Å². The van der Waals surface area contributed by atoms with Gasteiger partial charge in [0.2, 0.25) is 0 Å². The molecule has 0 aliphatic rings. The Balaban J connectivity index is 0.00000169. The average molecular weight is 214 g/mol. The summed E-state index contributed by atoms with van der Waals surface area (Å²) in [5.41, 5.74) is 4.44. The number of hydrogen-bond acceptors (Lipinski definition) is 1. The van der Waals surface area contributed by atoms with E-state index in [9.17, 15) is 0 Å². The van der Waals surface area contributed by atoms with E-state index in [1.807, 2.05) is 24.4 Å². The second kappa shape index (κ2) is 5.68. The first-order valence-electron chi connectivity index (χ1n) is 4.39. The van der Waals surface area contributed by atoms with Crippen LogP contribution in [0.3, 0.4) is 0 Å². The van der Waals surface area contributed by atoms with E-state index in [4.69, 9.17) is 0 Å². The summed E-state index contributed by atoms with van der Waals surface area (Å²) in [6, 6.07) is 10.2. The van der Waals surface area contributed by atoms with E-state index in [0.717, 1.165) is 4.59 Å². The van der Waals surface area contributed by atoms with Crippen LogP contribution in [0.1, 0.15) is 5.56 Å². The molecule has 0 unspecified atom stereocenters. The van der Waals surface area contributed by atoms with Gasteiger partial charge in [0, 0.05) is 6.20 Å². The first-order valence-corrected chi connectivity index (χ1v) is 4.39. The first-order chi connectivity index (χ1) is 6.08. The molecule has 0 aliphatic heterocycles. The highest BCUT2D eigenvalue weighted by atomic mass is 35.5. The highest BCUT2D eigenvalue weighted by Gasteiger charge is 1.99. The minimum absolute atomic E-state index is 0. The fourth-order valence-electron chi connectivity index (χ4n) is 0.921. The Kier molecular flexibility index (Phi) is 5.28. The van der Waals surface area contributed by atoms with Crippen LogP contribution in [0.5, 0.6) is 0 Å². The molecule has 0 spiro atoms. The van der Waals surface area contributed by atoms with E-state index in [0.29, 0.717) is 0 Å². The van der Waals surface area contributed by atoms with Gasteiger partial charge in [0.15, 0.2) is 0 Å². The van der Waals surface area contributed by atoms with E-state index in [1.165, 1.54) is 5.56 Å². The molecule has 3 heteroatoms. The fourth-order valence-corrected chi connectivity index (χ4v) is 0.921. The highest BCUT2D eigenvalue weighted by molar-refractivity contribution is 5.85. The van der Waals surface area contributed by atoms with Crippen molar-refractivity contribution in [1.29, 1.82) is 0 Å². The first kappa shape index (κ1) is 13.0. The Labute approximate surface area is 92.2 Å². The second-order valence-corrected chi connectivity index (χ2v) is 3.89. The number of quaternary nitrogens is 1. The zero-order valence-electron chi connectivity index (χ0n) is 8.90. The Bertz CT molecular complexity index is 275. The summed E-state index contributed by atoms with van der Waals surface area (Å²) in [5.74, 6) is 0. The Hall–Kier alpha value is -0.990. The number of benzene rings is 1. The molecule has 2 nitrogen and oxygen atoms in total. The van der Waals surface area contributed by atoms with Gasteiger partial charge in [-0.05, 0) is 11.6 Å². The molecule has 0 fully saturated rings. The maximum atomic E-state index is 3.23. The summed E-state index contributed by atoms with van der Waals surface area (Å²) in [5, 5.41) is 0. The molecule has 0 saturated heterocycles. The van der Waals surface area contributed by atoms with E-state index in [2.05, 4.69) is 44.8 Å². The molecule has 1 aromatic carbocycles. The molecule has 1 N–H and O–H groups in total. The van der Waals surface area contributed by atoms with Gasteiger partial charge in [0.25, 0.3) is 0 Å².